The summed E-state index contributed by atoms with van der Waals surface area (Å²) in [7, 11) is 0. The van der Waals surface area contributed by atoms with Gasteiger partial charge in [0.05, 0.1) is 0 Å². The van der Waals surface area contributed by atoms with Crippen molar-refractivity contribution in [3.05, 3.63) is 70.0 Å². The molecule has 0 spiro atoms. The Morgan fingerprint density at radius 3 is 2.56 bits per heavy atom. The standard InChI is InChI=1S/C20H19Cl2N3O2/c1-2-25(13-15-5-3-4-6-17(15)22)19(26)12-11-18-23-20(24-27-18)14-7-9-16(21)10-8-14/h3-10H,2,11-13H2,1H3. The first-order valence-corrected chi connectivity index (χ1v) is 9.42. The van der Waals surface area contributed by atoms with Gasteiger partial charge in [-0.2, -0.15) is 4.98 Å². The molecule has 140 valence electrons. The van der Waals surface area contributed by atoms with E-state index in [1.165, 1.54) is 0 Å². The zero-order chi connectivity index (χ0) is 19.2. The van der Waals surface area contributed by atoms with E-state index in [4.69, 9.17) is 27.7 Å². The number of amides is 1. The van der Waals surface area contributed by atoms with Crippen LogP contribution in [0.1, 0.15) is 24.8 Å². The SMILES string of the molecule is CCN(Cc1ccccc1Cl)C(=O)CCc1nc(-c2ccc(Cl)cc2)no1. The molecule has 1 amide bonds. The van der Waals surface area contributed by atoms with E-state index in [0.29, 0.717) is 47.7 Å². The molecular weight excluding hydrogens is 385 g/mol. The summed E-state index contributed by atoms with van der Waals surface area (Å²) in [5.74, 6) is 0.934. The van der Waals surface area contributed by atoms with Gasteiger partial charge in [0.2, 0.25) is 17.6 Å². The van der Waals surface area contributed by atoms with Crippen LogP contribution in [0.3, 0.4) is 0 Å². The van der Waals surface area contributed by atoms with E-state index >= 15 is 0 Å². The molecular formula is C20H19Cl2N3O2. The summed E-state index contributed by atoms with van der Waals surface area (Å²) in [6.07, 6.45) is 0.680. The molecule has 0 aliphatic carbocycles. The summed E-state index contributed by atoms with van der Waals surface area (Å²) < 4.78 is 5.26. The van der Waals surface area contributed by atoms with Crippen LogP contribution in [0.4, 0.5) is 0 Å². The van der Waals surface area contributed by atoms with Crippen LogP contribution in [0.25, 0.3) is 11.4 Å². The molecule has 0 saturated heterocycles. The number of carbonyl (C=O) groups excluding carboxylic acids is 1. The maximum Gasteiger partial charge on any atom is 0.227 e. The summed E-state index contributed by atoms with van der Waals surface area (Å²) in [5.41, 5.74) is 1.74. The zero-order valence-electron chi connectivity index (χ0n) is 14.9. The highest BCUT2D eigenvalue weighted by Crippen LogP contribution is 2.20. The van der Waals surface area contributed by atoms with E-state index in [0.717, 1.165) is 11.1 Å². The summed E-state index contributed by atoms with van der Waals surface area (Å²) >= 11 is 12.1. The van der Waals surface area contributed by atoms with E-state index in [1.807, 2.05) is 43.3 Å². The van der Waals surface area contributed by atoms with Gasteiger partial charge in [-0.25, -0.2) is 0 Å². The fourth-order valence-electron chi connectivity index (χ4n) is 2.65. The van der Waals surface area contributed by atoms with Crippen molar-refractivity contribution in [2.75, 3.05) is 6.54 Å². The number of benzene rings is 2. The van der Waals surface area contributed by atoms with E-state index in [1.54, 1.807) is 17.0 Å². The maximum atomic E-state index is 12.6. The van der Waals surface area contributed by atoms with Crippen LogP contribution in [0.15, 0.2) is 53.1 Å². The first-order valence-electron chi connectivity index (χ1n) is 8.66. The van der Waals surface area contributed by atoms with Gasteiger partial charge >= 0.3 is 0 Å². The van der Waals surface area contributed by atoms with Gasteiger partial charge in [-0.15, -0.1) is 0 Å². The minimum Gasteiger partial charge on any atom is -0.339 e. The zero-order valence-corrected chi connectivity index (χ0v) is 16.4. The minimum absolute atomic E-state index is 0.0173. The number of rotatable bonds is 7. The van der Waals surface area contributed by atoms with Crippen LogP contribution in [-0.2, 0) is 17.8 Å². The molecule has 0 fully saturated rings. The molecule has 0 saturated carbocycles. The van der Waals surface area contributed by atoms with Gasteiger partial charge in [0.15, 0.2) is 0 Å². The number of nitrogens with zero attached hydrogens (tertiary/aromatic N) is 3. The third-order valence-electron chi connectivity index (χ3n) is 4.18. The number of aromatic nitrogens is 2. The molecule has 27 heavy (non-hydrogen) atoms. The summed E-state index contributed by atoms with van der Waals surface area (Å²) in [5, 5.41) is 5.27. The number of aryl methyl sites for hydroxylation is 1. The smallest absolute Gasteiger partial charge is 0.227 e. The Kier molecular flexibility index (Phi) is 6.48. The highest BCUT2D eigenvalue weighted by atomic mass is 35.5. The van der Waals surface area contributed by atoms with Crippen molar-refractivity contribution in [1.82, 2.24) is 15.0 Å². The van der Waals surface area contributed by atoms with Crippen molar-refractivity contribution in [3.63, 3.8) is 0 Å². The summed E-state index contributed by atoms with van der Waals surface area (Å²) in [6.45, 7) is 3.03. The second-order valence-corrected chi connectivity index (χ2v) is 6.86. The van der Waals surface area contributed by atoms with E-state index < -0.39 is 0 Å². The molecule has 2 aromatic carbocycles. The fraction of sp³-hybridized carbons (Fsp3) is 0.250. The normalized spacial score (nSPS) is 10.8. The molecule has 0 unspecified atom stereocenters. The topological polar surface area (TPSA) is 59.2 Å². The molecule has 3 aromatic rings. The second kappa shape index (κ2) is 9.02. The molecule has 0 aliphatic rings. The number of hydrogen-bond acceptors (Lipinski definition) is 4. The van der Waals surface area contributed by atoms with Gasteiger partial charge in [-0.05, 0) is 42.8 Å². The van der Waals surface area contributed by atoms with Crippen LogP contribution in [0.5, 0.6) is 0 Å². The van der Waals surface area contributed by atoms with Crippen LogP contribution >= 0.6 is 23.2 Å². The molecule has 7 heteroatoms. The predicted molar refractivity (Wildman–Crippen MR) is 106 cm³/mol. The van der Waals surface area contributed by atoms with Crippen molar-refractivity contribution in [2.45, 2.75) is 26.3 Å². The Hall–Kier alpha value is -2.37. The molecule has 1 heterocycles. The molecule has 0 N–H and O–H groups in total. The summed E-state index contributed by atoms with van der Waals surface area (Å²) in [6, 6.07) is 14.7. The Bertz CT molecular complexity index is 910. The van der Waals surface area contributed by atoms with Gasteiger partial charge in [-0.3, -0.25) is 4.79 Å². The Morgan fingerprint density at radius 2 is 1.85 bits per heavy atom. The number of halogens is 2. The lowest BCUT2D eigenvalue weighted by Gasteiger charge is -2.21. The Morgan fingerprint density at radius 1 is 1.11 bits per heavy atom. The highest BCUT2D eigenvalue weighted by Gasteiger charge is 2.16. The number of hydrogen-bond donors (Lipinski definition) is 0. The first-order chi connectivity index (χ1) is 13.1. The van der Waals surface area contributed by atoms with E-state index in [2.05, 4.69) is 10.1 Å². The molecule has 1 aromatic heterocycles. The lowest BCUT2D eigenvalue weighted by atomic mass is 10.2. The van der Waals surface area contributed by atoms with Crippen LogP contribution in [0, 0.1) is 0 Å². The molecule has 0 bridgehead atoms. The van der Waals surface area contributed by atoms with Gasteiger partial charge in [0, 0.05) is 41.5 Å². The van der Waals surface area contributed by atoms with Gasteiger partial charge in [-0.1, -0.05) is 46.6 Å². The Balaban J connectivity index is 1.59. The third-order valence-corrected chi connectivity index (χ3v) is 4.80. The van der Waals surface area contributed by atoms with E-state index in [-0.39, 0.29) is 5.91 Å². The number of carbonyl (C=O) groups is 1. The molecule has 0 atom stereocenters. The first kappa shape index (κ1) is 19.4. The molecule has 5 nitrogen and oxygen atoms in total. The van der Waals surface area contributed by atoms with Crippen molar-refractivity contribution < 1.29 is 9.32 Å². The molecule has 0 radical (unpaired) electrons. The Labute approximate surface area is 167 Å². The van der Waals surface area contributed by atoms with Crippen molar-refractivity contribution in [1.29, 1.82) is 0 Å². The predicted octanol–water partition coefficient (Wildman–Crippen LogP) is 5.02. The largest absolute Gasteiger partial charge is 0.339 e. The fourth-order valence-corrected chi connectivity index (χ4v) is 2.97. The lowest BCUT2D eigenvalue weighted by Crippen LogP contribution is -2.30. The second-order valence-electron chi connectivity index (χ2n) is 6.02. The van der Waals surface area contributed by atoms with Gasteiger partial charge in [0.25, 0.3) is 0 Å². The van der Waals surface area contributed by atoms with Crippen molar-refractivity contribution >= 4 is 29.1 Å². The highest BCUT2D eigenvalue weighted by molar-refractivity contribution is 6.31. The minimum atomic E-state index is 0.0173. The molecule has 3 rings (SSSR count). The van der Waals surface area contributed by atoms with Crippen molar-refractivity contribution in [2.24, 2.45) is 0 Å². The van der Waals surface area contributed by atoms with Gasteiger partial charge in [0.1, 0.15) is 0 Å². The van der Waals surface area contributed by atoms with Crippen molar-refractivity contribution in [3.8, 4) is 11.4 Å². The average Bonchev–Trinajstić information content (AvgIpc) is 3.15. The van der Waals surface area contributed by atoms with Gasteiger partial charge < -0.3 is 9.42 Å². The lowest BCUT2D eigenvalue weighted by molar-refractivity contribution is -0.131. The monoisotopic (exact) mass is 403 g/mol. The van der Waals surface area contributed by atoms with Crippen LogP contribution in [0.2, 0.25) is 10.0 Å². The molecule has 0 aliphatic heterocycles. The maximum absolute atomic E-state index is 12.6. The van der Waals surface area contributed by atoms with Crippen LogP contribution in [-0.4, -0.2) is 27.5 Å². The third kappa shape index (κ3) is 5.08. The quantitative estimate of drug-likeness (QED) is 0.555. The average molecular weight is 404 g/mol. The van der Waals surface area contributed by atoms with Crippen LogP contribution < -0.4 is 0 Å². The van der Waals surface area contributed by atoms with E-state index in [9.17, 15) is 4.79 Å². The summed E-state index contributed by atoms with van der Waals surface area (Å²) in [4.78, 5) is 18.7.